The van der Waals surface area contributed by atoms with E-state index in [9.17, 15) is 14.4 Å². The molecule has 0 saturated heterocycles. The summed E-state index contributed by atoms with van der Waals surface area (Å²) in [5.74, 6) is -1.21. The number of carboxylic acids is 1. The number of rotatable bonds is 4. The molecule has 0 radical (unpaired) electrons. The molecule has 0 saturated carbocycles. The summed E-state index contributed by atoms with van der Waals surface area (Å²) < 4.78 is 6.10. The lowest BCUT2D eigenvalue weighted by molar-refractivity contribution is -0.131. The summed E-state index contributed by atoms with van der Waals surface area (Å²) in [6, 6.07) is 12.8. The first-order valence-electron chi connectivity index (χ1n) is 9.50. The molecule has 1 amide bonds. The van der Waals surface area contributed by atoms with E-state index < -0.39 is 11.9 Å². The fourth-order valence-corrected chi connectivity index (χ4v) is 3.57. The molecule has 6 heteroatoms. The average Bonchev–Trinajstić information content (AvgIpc) is 3.11. The van der Waals surface area contributed by atoms with Crippen molar-refractivity contribution in [1.29, 1.82) is 0 Å². The number of nitrogens with one attached hydrogen (secondary N) is 1. The lowest BCUT2D eigenvalue weighted by Gasteiger charge is -2.07. The number of benzene rings is 2. The third kappa shape index (κ3) is 3.80. The molecule has 150 valence electrons. The molecule has 2 aromatic carbocycles. The lowest BCUT2D eigenvalue weighted by atomic mass is 10.0. The lowest BCUT2D eigenvalue weighted by Crippen LogP contribution is -2.11. The van der Waals surface area contributed by atoms with Gasteiger partial charge in [0.05, 0.1) is 5.39 Å². The first-order chi connectivity index (χ1) is 14.4. The Balaban J connectivity index is 1.73. The number of aliphatic carboxylic acids is 1. The fourth-order valence-electron chi connectivity index (χ4n) is 3.57. The number of anilines is 1. The highest BCUT2D eigenvalue weighted by Gasteiger charge is 2.24. The van der Waals surface area contributed by atoms with Crippen LogP contribution in [0.3, 0.4) is 0 Å². The highest BCUT2D eigenvalue weighted by molar-refractivity contribution is 6.03. The van der Waals surface area contributed by atoms with Gasteiger partial charge in [0.2, 0.25) is 5.91 Å². The van der Waals surface area contributed by atoms with E-state index in [4.69, 9.17) is 9.52 Å². The van der Waals surface area contributed by atoms with E-state index in [1.807, 2.05) is 31.2 Å². The second-order valence-electron chi connectivity index (χ2n) is 7.14. The van der Waals surface area contributed by atoms with Gasteiger partial charge in [-0.05, 0) is 54.7 Å². The standard InChI is InChI=1S/C24H19NO5/c1-14-4-2-3-5-15(14)12-16-6-8-19-23(29)18-9-7-17(13-20(18)30-24(16)19)25-21(26)10-11-22(27)28/h2-5,7,9-13H,6,8H2,1H3,(H,25,26)(H,27,28). The van der Waals surface area contributed by atoms with Gasteiger partial charge < -0.3 is 14.8 Å². The molecule has 6 nitrogen and oxygen atoms in total. The number of fused-ring (bicyclic) bond motifs is 2. The van der Waals surface area contributed by atoms with E-state index in [0.29, 0.717) is 34.4 Å². The zero-order valence-corrected chi connectivity index (χ0v) is 16.3. The first-order valence-corrected chi connectivity index (χ1v) is 9.50. The van der Waals surface area contributed by atoms with Gasteiger partial charge in [-0.2, -0.15) is 0 Å². The minimum absolute atomic E-state index is 0.0666. The van der Waals surface area contributed by atoms with Gasteiger partial charge in [0.25, 0.3) is 0 Å². The summed E-state index contributed by atoms with van der Waals surface area (Å²) in [6.45, 7) is 2.03. The third-order valence-corrected chi connectivity index (χ3v) is 5.09. The van der Waals surface area contributed by atoms with E-state index in [2.05, 4.69) is 11.4 Å². The number of aryl methyl sites for hydroxylation is 1. The largest absolute Gasteiger partial charge is 0.478 e. The van der Waals surface area contributed by atoms with E-state index in [1.165, 1.54) is 0 Å². The topological polar surface area (TPSA) is 96.6 Å². The molecule has 1 aromatic heterocycles. The van der Waals surface area contributed by atoms with Gasteiger partial charge in [-0.1, -0.05) is 24.3 Å². The summed E-state index contributed by atoms with van der Waals surface area (Å²) in [4.78, 5) is 35.3. The number of allylic oxidation sites excluding steroid dienone is 1. The Hall–Kier alpha value is -3.93. The summed E-state index contributed by atoms with van der Waals surface area (Å²) in [7, 11) is 0. The predicted molar refractivity (Wildman–Crippen MR) is 115 cm³/mol. The zero-order chi connectivity index (χ0) is 21.3. The van der Waals surface area contributed by atoms with Crippen molar-refractivity contribution in [3.63, 3.8) is 0 Å². The SMILES string of the molecule is Cc1ccccc1C=C1CCc2c1oc1cc(NC(=O)C=CC(=O)O)ccc1c2=O. The Kier molecular flexibility index (Phi) is 5.06. The molecule has 0 spiro atoms. The van der Waals surface area contributed by atoms with Gasteiger partial charge in [0.15, 0.2) is 5.43 Å². The number of carbonyl (C=O) groups is 2. The van der Waals surface area contributed by atoms with Crippen molar-refractivity contribution in [2.75, 3.05) is 5.32 Å². The maximum Gasteiger partial charge on any atom is 0.328 e. The maximum atomic E-state index is 12.9. The van der Waals surface area contributed by atoms with Crippen LogP contribution in [-0.2, 0) is 16.0 Å². The van der Waals surface area contributed by atoms with Crippen LogP contribution in [0.5, 0.6) is 0 Å². The molecular weight excluding hydrogens is 382 g/mol. The molecular formula is C24H19NO5. The Morgan fingerprint density at radius 3 is 2.67 bits per heavy atom. The Labute approximate surface area is 172 Å². The van der Waals surface area contributed by atoms with E-state index in [0.717, 1.165) is 35.3 Å². The Morgan fingerprint density at radius 1 is 1.10 bits per heavy atom. The predicted octanol–water partition coefficient (Wildman–Crippen LogP) is 4.17. The molecule has 0 unspecified atom stereocenters. The second kappa shape index (κ2) is 7.83. The number of carboxylic acid groups (broad SMARTS) is 1. The summed E-state index contributed by atoms with van der Waals surface area (Å²) in [5.41, 5.74) is 4.57. The third-order valence-electron chi connectivity index (χ3n) is 5.09. The second-order valence-corrected chi connectivity index (χ2v) is 7.14. The molecule has 1 aliphatic carbocycles. The monoisotopic (exact) mass is 401 g/mol. The van der Waals surface area contributed by atoms with Crippen molar-refractivity contribution < 1.29 is 19.1 Å². The van der Waals surface area contributed by atoms with Crippen molar-refractivity contribution in [2.24, 2.45) is 0 Å². The average molecular weight is 401 g/mol. The van der Waals surface area contributed by atoms with Crippen LogP contribution in [0.4, 0.5) is 5.69 Å². The molecule has 1 aliphatic rings. The summed E-state index contributed by atoms with van der Waals surface area (Å²) in [5, 5.41) is 11.6. The van der Waals surface area contributed by atoms with Crippen molar-refractivity contribution in [1.82, 2.24) is 0 Å². The minimum Gasteiger partial charge on any atom is -0.478 e. The highest BCUT2D eigenvalue weighted by Crippen LogP contribution is 2.35. The molecule has 0 fully saturated rings. The molecule has 30 heavy (non-hydrogen) atoms. The number of carbonyl (C=O) groups excluding carboxylic acids is 1. The van der Waals surface area contributed by atoms with Crippen LogP contribution in [0.25, 0.3) is 22.6 Å². The van der Waals surface area contributed by atoms with Gasteiger partial charge in [0, 0.05) is 29.5 Å². The van der Waals surface area contributed by atoms with Crippen LogP contribution in [0.2, 0.25) is 0 Å². The summed E-state index contributed by atoms with van der Waals surface area (Å²) in [6.07, 6.45) is 5.09. The van der Waals surface area contributed by atoms with Gasteiger partial charge >= 0.3 is 5.97 Å². The van der Waals surface area contributed by atoms with Crippen LogP contribution in [0, 0.1) is 6.92 Å². The molecule has 0 aliphatic heterocycles. The Morgan fingerprint density at radius 2 is 1.90 bits per heavy atom. The molecule has 2 N–H and O–H groups in total. The molecule has 1 heterocycles. The minimum atomic E-state index is -1.21. The quantitative estimate of drug-likeness (QED) is 0.640. The van der Waals surface area contributed by atoms with Crippen molar-refractivity contribution in [2.45, 2.75) is 19.8 Å². The maximum absolute atomic E-state index is 12.9. The van der Waals surface area contributed by atoms with E-state index in [1.54, 1.807) is 18.2 Å². The Bertz CT molecular complexity index is 1300. The fraction of sp³-hybridized carbons (Fsp3) is 0.125. The van der Waals surface area contributed by atoms with E-state index in [-0.39, 0.29) is 5.43 Å². The van der Waals surface area contributed by atoms with Crippen LogP contribution >= 0.6 is 0 Å². The van der Waals surface area contributed by atoms with Crippen LogP contribution in [0.1, 0.15) is 28.9 Å². The van der Waals surface area contributed by atoms with E-state index >= 15 is 0 Å². The van der Waals surface area contributed by atoms with Gasteiger partial charge in [-0.25, -0.2) is 4.79 Å². The first kappa shape index (κ1) is 19.4. The molecule has 0 bridgehead atoms. The summed E-state index contributed by atoms with van der Waals surface area (Å²) >= 11 is 0. The molecule has 0 atom stereocenters. The van der Waals surface area contributed by atoms with Crippen LogP contribution in [-0.4, -0.2) is 17.0 Å². The number of hydrogen-bond acceptors (Lipinski definition) is 4. The molecule has 3 aromatic rings. The molecule has 4 rings (SSSR count). The van der Waals surface area contributed by atoms with Crippen LogP contribution < -0.4 is 10.7 Å². The van der Waals surface area contributed by atoms with Gasteiger partial charge in [-0.3, -0.25) is 9.59 Å². The van der Waals surface area contributed by atoms with Gasteiger partial charge in [-0.15, -0.1) is 0 Å². The number of amides is 1. The normalized spacial score (nSPS) is 14.4. The van der Waals surface area contributed by atoms with Crippen molar-refractivity contribution >= 4 is 40.2 Å². The highest BCUT2D eigenvalue weighted by atomic mass is 16.4. The van der Waals surface area contributed by atoms with Crippen molar-refractivity contribution in [3.05, 3.63) is 87.3 Å². The smallest absolute Gasteiger partial charge is 0.328 e. The number of hydrogen-bond donors (Lipinski definition) is 2. The zero-order valence-electron chi connectivity index (χ0n) is 16.3. The van der Waals surface area contributed by atoms with Gasteiger partial charge in [0.1, 0.15) is 11.3 Å². The van der Waals surface area contributed by atoms with Crippen LogP contribution in [0.15, 0.2) is 63.8 Å². The van der Waals surface area contributed by atoms with Crippen molar-refractivity contribution in [3.8, 4) is 0 Å².